The third-order valence-electron chi connectivity index (χ3n) is 5.55. The van der Waals surface area contributed by atoms with Crippen LogP contribution in [0.15, 0.2) is 59.5 Å². The lowest BCUT2D eigenvalue weighted by atomic mass is 10.0. The van der Waals surface area contributed by atoms with E-state index in [1.54, 1.807) is 23.6 Å². The van der Waals surface area contributed by atoms with Gasteiger partial charge >= 0.3 is 0 Å². The maximum absolute atomic E-state index is 12.2. The molecule has 0 unspecified atom stereocenters. The number of benzene rings is 2. The molecule has 2 aromatic carbocycles. The highest BCUT2D eigenvalue weighted by Crippen LogP contribution is 2.35. The van der Waals surface area contributed by atoms with Gasteiger partial charge in [-0.15, -0.1) is 0 Å². The van der Waals surface area contributed by atoms with E-state index in [1.807, 2.05) is 31.5 Å². The number of aryl methyl sites for hydroxylation is 3. The molecule has 2 aromatic heterocycles. The number of fused-ring (bicyclic) bond motifs is 1. The molecule has 4 aromatic rings. The van der Waals surface area contributed by atoms with Crippen molar-refractivity contribution >= 4 is 28.7 Å². The van der Waals surface area contributed by atoms with Gasteiger partial charge in [-0.25, -0.2) is 4.98 Å². The van der Waals surface area contributed by atoms with Crippen molar-refractivity contribution in [3.05, 3.63) is 82.0 Å². The fraction of sp³-hybridized carbons (Fsp3) is 0.250. The first-order valence-corrected chi connectivity index (χ1v) is 11.2. The number of hydrogen-bond donors (Lipinski definition) is 1. The molecule has 0 aliphatic rings. The van der Waals surface area contributed by atoms with Crippen LogP contribution in [0.4, 0.5) is 5.69 Å². The molecule has 1 N–H and O–H groups in total. The molecule has 0 aliphatic carbocycles. The summed E-state index contributed by atoms with van der Waals surface area (Å²) in [7, 11) is 1.80. The number of rotatable bonds is 5. The van der Waals surface area contributed by atoms with Gasteiger partial charge in [0.25, 0.3) is 5.56 Å². The van der Waals surface area contributed by atoms with Crippen LogP contribution in [-0.4, -0.2) is 20.4 Å². The molecule has 0 bridgehead atoms. The van der Waals surface area contributed by atoms with Crippen LogP contribution in [-0.2, 0) is 7.05 Å². The van der Waals surface area contributed by atoms with E-state index in [0.717, 1.165) is 39.2 Å². The van der Waals surface area contributed by atoms with Crippen LogP contribution in [0.25, 0.3) is 22.2 Å². The second-order valence-corrected chi connectivity index (χ2v) is 8.25. The summed E-state index contributed by atoms with van der Waals surface area (Å²) in [4.78, 5) is 17.1. The molecule has 0 aliphatic heterocycles. The summed E-state index contributed by atoms with van der Waals surface area (Å²) in [5.74, 6) is 0.972. The van der Waals surface area contributed by atoms with Crippen molar-refractivity contribution < 1.29 is 0 Å². The SMILES string of the molecule is CSNc1cc(-c2cc(C)c(=O)n(C)c2)cc2c1nc(C)n2[C@H](C)c1ccccc1. The minimum absolute atomic E-state index is 0.0286. The highest BCUT2D eigenvalue weighted by atomic mass is 32.2. The van der Waals surface area contributed by atoms with Crippen molar-refractivity contribution in [1.29, 1.82) is 0 Å². The Balaban J connectivity index is 1.97. The van der Waals surface area contributed by atoms with Crippen LogP contribution in [0.1, 0.15) is 29.9 Å². The number of nitrogens with zero attached hydrogens (tertiary/aromatic N) is 3. The van der Waals surface area contributed by atoms with Gasteiger partial charge < -0.3 is 13.9 Å². The lowest BCUT2D eigenvalue weighted by molar-refractivity contribution is 0.637. The Hall–Kier alpha value is -2.99. The van der Waals surface area contributed by atoms with E-state index in [-0.39, 0.29) is 11.6 Å². The fourth-order valence-electron chi connectivity index (χ4n) is 4.07. The predicted molar refractivity (Wildman–Crippen MR) is 127 cm³/mol. The summed E-state index contributed by atoms with van der Waals surface area (Å²) < 4.78 is 7.32. The van der Waals surface area contributed by atoms with Crippen molar-refractivity contribution in [3.63, 3.8) is 0 Å². The standard InChI is InChI=1S/C24H26N4OS/c1-15-11-20(14-27(4)24(15)29)19-12-21(26-30-5)23-22(13-19)28(17(3)25-23)16(2)18-9-7-6-8-10-18/h6-14,16,26H,1-5H3/t16-/m1/s1. The first-order chi connectivity index (χ1) is 14.4. The quantitative estimate of drug-likeness (QED) is 0.446. The second-order valence-electron chi connectivity index (χ2n) is 7.64. The van der Waals surface area contributed by atoms with E-state index in [9.17, 15) is 4.79 Å². The smallest absolute Gasteiger partial charge is 0.253 e. The number of nitrogens with one attached hydrogen (secondary N) is 1. The largest absolute Gasteiger partial charge is 0.328 e. The summed E-state index contributed by atoms with van der Waals surface area (Å²) in [5.41, 5.74) is 7.07. The van der Waals surface area contributed by atoms with Crippen LogP contribution in [0.5, 0.6) is 0 Å². The zero-order chi connectivity index (χ0) is 21.4. The van der Waals surface area contributed by atoms with E-state index in [4.69, 9.17) is 4.98 Å². The van der Waals surface area contributed by atoms with Gasteiger partial charge in [-0.1, -0.05) is 42.3 Å². The van der Waals surface area contributed by atoms with E-state index >= 15 is 0 Å². The van der Waals surface area contributed by atoms with Crippen molar-refractivity contribution in [2.75, 3.05) is 11.0 Å². The molecule has 0 amide bonds. The van der Waals surface area contributed by atoms with E-state index in [2.05, 4.69) is 59.5 Å². The summed E-state index contributed by atoms with van der Waals surface area (Å²) >= 11 is 1.55. The number of hydrogen-bond acceptors (Lipinski definition) is 4. The van der Waals surface area contributed by atoms with Gasteiger partial charge in [-0.2, -0.15) is 0 Å². The lowest BCUT2D eigenvalue weighted by Crippen LogP contribution is -2.18. The molecule has 0 spiro atoms. The summed E-state index contributed by atoms with van der Waals surface area (Å²) in [6.07, 6.45) is 3.90. The zero-order valence-electron chi connectivity index (χ0n) is 17.9. The lowest BCUT2D eigenvalue weighted by Gasteiger charge is -2.18. The normalized spacial score (nSPS) is 12.3. The van der Waals surface area contributed by atoms with Crippen molar-refractivity contribution in [3.8, 4) is 11.1 Å². The summed E-state index contributed by atoms with van der Waals surface area (Å²) in [6, 6.07) is 16.9. The topological polar surface area (TPSA) is 51.9 Å². The average Bonchev–Trinajstić information content (AvgIpc) is 3.08. The molecule has 0 radical (unpaired) electrons. The van der Waals surface area contributed by atoms with Crippen LogP contribution in [0.3, 0.4) is 0 Å². The molecule has 30 heavy (non-hydrogen) atoms. The summed E-state index contributed by atoms with van der Waals surface area (Å²) in [6.45, 7) is 6.11. The Bertz CT molecular complexity index is 1250. The minimum atomic E-state index is 0.0286. The van der Waals surface area contributed by atoms with Gasteiger partial charge in [-0.05, 0) is 55.7 Å². The van der Waals surface area contributed by atoms with Crippen LogP contribution in [0, 0.1) is 13.8 Å². The Morgan fingerprint density at radius 2 is 1.80 bits per heavy atom. The Kier molecular flexibility index (Phi) is 5.43. The van der Waals surface area contributed by atoms with Crippen LogP contribution < -0.4 is 10.3 Å². The molecule has 2 heterocycles. The van der Waals surface area contributed by atoms with E-state index < -0.39 is 0 Å². The summed E-state index contributed by atoms with van der Waals surface area (Å²) in [5, 5.41) is 0. The molecule has 5 nitrogen and oxygen atoms in total. The van der Waals surface area contributed by atoms with Gasteiger partial charge in [0.15, 0.2) is 0 Å². The molecule has 154 valence electrons. The molecule has 6 heteroatoms. The molecular formula is C24H26N4OS. The van der Waals surface area contributed by atoms with Crippen molar-refractivity contribution in [2.24, 2.45) is 7.05 Å². The first kappa shape index (κ1) is 20.3. The predicted octanol–water partition coefficient (Wildman–Crippen LogP) is 5.32. The van der Waals surface area contributed by atoms with Gasteiger partial charge in [0, 0.05) is 25.1 Å². The average molecular weight is 419 g/mol. The van der Waals surface area contributed by atoms with Gasteiger partial charge in [0.2, 0.25) is 0 Å². The van der Waals surface area contributed by atoms with Crippen LogP contribution >= 0.6 is 11.9 Å². The molecule has 0 saturated heterocycles. The number of pyridine rings is 1. The maximum atomic E-state index is 12.2. The Labute approximate surface area is 180 Å². The van der Waals surface area contributed by atoms with Gasteiger partial charge in [-0.3, -0.25) is 4.79 Å². The maximum Gasteiger partial charge on any atom is 0.253 e. The first-order valence-electron chi connectivity index (χ1n) is 9.95. The third-order valence-corrected chi connectivity index (χ3v) is 5.97. The van der Waals surface area contributed by atoms with Crippen LogP contribution in [0.2, 0.25) is 0 Å². The second kappa shape index (κ2) is 8.03. The van der Waals surface area contributed by atoms with Gasteiger partial charge in [0.05, 0.1) is 17.2 Å². The Morgan fingerprint density at radius 3 is 2.47 bits per heavy atom. The Morgan fingerprint density at radius 1 is 1.07 bits per heavy atom. The number of aromatic nitrogens is 3. The van der Waals surface area contributed by atoms with Crippen molar-refractivity contribution in [2.45, 2.75) is 26.8 Å². The molecular weight excluding hydrogens is 392 g/mol. The van der Waals surface area contributed by atoms with E-state index in [0.29, 0.717) is 0 Å². The van der Waals surface area contributed by atoms with Gasteiger partial charge in [0.1, 0.15) is 11.3 Å². The molecule has 0 saturated carbocycles. The highest BCUT2D eigenvalue weighted by molar-refractivity contribution is 7.99. The van der Waals surface area contributed by atoms with Crippen molar-refractivity contribution in [1.82, 2.24) is 14.1 Å². The fourth-order valence-corrected chi connectivity index (χ4v) is 4.45. The minimum Gasteiger partial charge on any atom is -0.328 e. The zero-order valence-corrected chi connectivity index (χ0v) is 18.7. The highest BCUT2D eigenvalue weighted by Gasteiger charge is 2.19. The third kappa shape index (κ3) is 3.52. The molecule has 0 fully saturated rings. The number of anilines is 1. The molecule has 1 atom stereocenters. The number of imidazole rings is 1. The van der Waals surface area contributed by atoms with E-state index in [1.165, 1.54) is 5.56 Å². The molecule has 4 rings (SSSR count). The monoisotopic (exact) mass is 418 g/mol.